The lowest BCUT2D eigenvalue weighted by Crippen LogP contribution is -2.44. The molecule has 21 heavy (non-hydrogen) atoms. The molecule has 1 rings (SSSR count). The molecule has 0 spiro atoms. The number of hydrogen-bond donors (Lipinski definition) is 2. The van der Waals surface area contributed by atoms with Gasteiger partial charge >= 0.3 is 12.0 Å². The molecular weight excluding hydrogens is 274 g/mol. The summed E-state index contributed by atoms with van der Waals surface area (Å²) in [5.74, 6) is -0.965. The number of urea groups is 1. The Labute approximate surface area is 123 Å². The molecule has 0 radical (unpaired) electrons. The summed E-state index contributed by atoms with van der Waals surface area (Å²) in [6.45, 7) is 1.72. The van der Waals surface area contributed by atoms with Crippen LogP contribution in [0.5, 0.6) is 0 Å². The van der Waals surface area contributed by atoms with Crippen molar-refractivity contribution in [2.75, 3.05) is 20.2 Å². The van der Waals surface area contributed by atoms with Crippen molar-refractivity contribution >= 4 is 17.9 Å². The van der Waals surface area contributed by atoms with Crippen molar-refractivity contribution in [1.82, 2.24) is 10.2 Å². The fraction of sp³-hybridized carbons (Fsp3) is 0.357. The van der Waals surface area contributed by atoms with E-state index in [2.05, 4.69) is 5.32 Å². The van der Waals surface area contributed by atoms with Crippen LogP contribution in [-0.4, -0.2) is 43.0 Å². The fourth-order valence-electron chi connectivity index (χ4n) is 1.77. The third kappa shape index (κ3) is 5.13. The molecule has 1 unspecified atom stereocenters. The summed E-state index contributed by atoms with van der Waals surface area (Å²) in [4.78, 5) is 36.0. The summed E-state index contributed by atoms with van der Waals surface area (Å²) in [5, 5.41) is 2.38. The predicted molar refractivity (Wildman–Crippen MR) is 76.2 cm³/mol. The second-order valence-corrected chi connectivity index (χ2v) is 4.35. The van der Waals surface area contributed by atoms with Crippen LogP contribution in [0.1, 0.15) is 18.5 Å². The minimum atomic E-state index is -0.942. The number of carbonyl (C=O) groups excluding carboxylic acids is 3. The number of primary amides is 1. The first-order valence-corrected chi connectivity index (χ1v) is 6.47. The second kappa shape index (κ2) is 7.88. The Kier molecular flexibility index (Phi) is 6.19. The Bertz CT molecular complexity index is 504. The third-order valence-electron chi connectivity index (χ3n) is 2.71. The second-order valence-electron chi connectivity index (χ2n) is 4.35. The normalized spacial score (nSPS) is 11.3. The molecule has 0 fully saturated rings. The highest BCUT2D eigenvalue weighted by molar-refractivity contribution is 5.89. The van der Waals surface area contributed by atoms with Crippen molar-refractivity contribution in [3.8, 4) is 0 Å². The van der Waals surface area contributed by atoms with Gasteiger partial charge in [0.2, 0.25) is 5.91 Å². The molecule has 0 aliphatic carbocycles. The van der Waals surface area contributed by atoms with E-state index in [9.17, 15) is 14.4 Å². The van der Waals surface area contributed by atoms with Crippen LogP contribution in [0.15, 0.2) is 30.3 Å². The molecule has 1 atom stereocenters. The van der Waals surface area contributed by atoms with Crippen molar-refractivity contribution in [3.05, 3.63) is 35.9 Å². The summed E-state index contributed by atoms with van der Waals surface area (Å²) in [7, 11) is 1.46. The minimum absolute atomic E-state index is 0.198. The van der Waals surface area contributed by atoms with E-state index in [-0.39, 0.29) is 13.2 Å². The van der Waals surface area contributed by atoms with Crippen molar-refractivity contribution in [2.24, 2.45) is 5.73 Å². The highest BCUT2D eigenvalue weighted by Gasteiger charge is 2.26. The van der Waals surface area contributed by atoms with Gasteiger partial charge in [-0.25, -0.2) is 4.79 Å². The first-order valence-electron chi connectivity index (χ1n) is 6.47. The number of nitrogens with zero attached hydrogens (tertiary/aromatic N) is 1. The Hall–Kier alpha value is -2.57. The Morgan fingerprint density at radius 3 is 2.43 bits per heavy atom. The highest BCUT2D eigenvalue weighted by Crippen LogP contribution is 2.15. The number of nitrogens with one attached hydrogen (secondary N) is 1. The summed E-state index contributed by atoms with van der Waals surface area (Å²) in [5.41, 5.74) is 5.69. The van der Waals surface area contributed by atoms with Crippen LogP contribution in [0.25, 0.3) is 0 Å². The number of nitrogens with two attached hydrogens (primary N) is 1. The lowest BCUT2D eigenvalue weighted by Gasteiger charge is -2.23. The van der Waals surface area contributed by atoms with Crippen LogP contribution in [-0.2, 0) is 14.3 Å². The zero-order chi connectivity index (χ0) is 15.8. The molecule has 1 aromatic rings. The molecule has 0 bridgehead atoms. The molecule has 0 aliphatic rings. The van der Waals surface area contributed by atoms with Crippen LogP contribution >= 0.6 is 0 Å². The number of ether oxygens (including phenoxy) is 1. The molecule has 7 nitrogen and oxygen atoms in total. The van der Waals surface area contributed by atoms with Crippen molar-refractivity contribution in [3.63, 3.8) is 0 Å². The Morgan fingerprint density at radius 2 is 1.90 bits per heavy atom. The zero-order valence-electron chi connectivity index (χ0n) is 12.0. The fourth-order valence-corrected chi connectivity index (χ4v) is 1.77. The molecule has 3 N–H and O–H groups in total. The topological polar surface area (TPSA) is 102 Å². The van der Waals surface area contributed by atoms with E-state index in [1.165, 1.54) is 11.9 Å². The number of carbonyl (C=O) groups is 3. The van der Waals surface area contributed by atoms with Crippen molar-refractivity contribution in [2.45, 2.75) is 13.0 Å². The van der Waals surface area contributed by atoms with Gasteiger partial charge < -0.3 is 20.7 Å². The van der Waals surface area contributed by atoms with Gasteiger partial charge in [0, 0.05) is 7.05 Å². The third-order valence-corrected chi connectivity index (χ3v) is 2.71. The van der Waals surface area contributed by atoms with E-state index in [4.69, 9.17) is 10.5 Å². The van der Waals surface area contributed by atoms with Gasteiger partial charge in [-0.3, -0.25) is 9.59 Å². The van der Waals surface area contributed by atoms with E-state index in [1.807, 2.05) is 0 Å². The molecule has 7 heteroatoms. The predicted octanol–water partition coefficient (Wildman–Crippen LogP) is 0.418. The first-order chi connectivity index (χ1) is 9.95. The molecule has 1 aromatic carbocycles. The van der Waals surface area contributed by atoms with E-state index >= 15 is 0 Å². The van der Waals surface area contributed by atoms with Crippen molar-refractivity contribution in [1.29, 1.82) is 0 Å². The monoisotopic (exact) mass is 293 g/mol. The van der Waals surface area contributed by atoms with E-state index in [0.29, 0.717) is 5.56 Å². The number of rotatable bonds is 6. The molecule has 0 saturated carbocycles. The summed E-state index contributed by atoms with van der Waals surface area (Å²) >= 11 is 0. The SMILES string of the molecule is CCOC(=O)CN(C)C(=O)C(NC(N)=O)c1ccccc1. The highest BCUT2D eigenvalue weighted by atomic mass is 16.5. The number of benzene rings is 1. The zero-order valence-corrected chi connectivity index (χ0v) is 12.0. The maximum atomic E-state index is 12.4. The molecule has 0 heterocycles. The van der Waals surface area contributed by atoms with Gasteiger partial charge in [-0.2, -0.15) is 0 Å². The molecule has 3 amide bonds. The number of esters is 1. The summed E-state index contributed by atoms with van der Waals surface area (Å²) in [6.07, 6.45) is 0. The average Bonchev–Trinajstić information content (AvgIpc) is 2.45. The number of amides is 3. The van der Waals surface area contributed by atoms with Gasteiger partial charge in [0.15, 0.2) is 0 Å². The van der Waals surface area contributed by atoms with Gasteiger partial charge in [0.1, 0.15) is 12.6 Å². The standard InChI is InChI=1S/C14H19N3O4/c1-3-21-11(18)9-17(2)13(19)12(16-14(15)20)10-7-5-4-6-8-10/h4-8,12H,3,9H2,1-2H3,(H3,15,16,20). The van der Waals surface area contributed by atoms with Gasteiger partial charge in [0.05, 0.1) is 6.61 Å². The quantitative estimate of drug-likeness (QED) is 0.742. The molecular formula is C14H19N3O4. The van der Waals surface area contributed by atoms with Gasteiger partial charge in [0.25, 0.3) is 0 Å². The van der Waals surface area contributed by atoms with E-state index in [1.54, 1.807) is 37.3 Å². The van der Waals surface area contributed by atoms with Crippen LogP contribution < -0.4 is 11.1 Å². The van der Waals surface area contributed by atoms with Gasteiger partial charge in [-0.1, -0.05) is 30.3 Å². The average molecular weight is 293 g/mol. The lowest BCUT2D eigenvalue weighted by atomic mass is 10.1. The van der Waals surface area contributed by atoms with Crippen LogP contribution in [0.3, 0.4) is 0 Å². The minimum Gasteiger partial charge on any atom is -0.465 e. The Morgan fingerprint density at radius 1 is 1.29 bits per heavy atom. The molecule has 114 valence electrons. The first kappa shape index (κ1) is 16.5. The maximum Gasteiger partial charge on any atom is 0.325 e. The van der Waals surface area contributed by atoms with Gasteiger partial charge in [-0.15, -0.1) is 0 Å². The summed E-state index contributed by atoms with van der Waals surface area (Å²) < 4.78 is 4.78. The van der Waals surface area contributed by atoms with Crippen LogP contribution in [0.4, 0.5) is 4.79 Å². The summed E-state index contributed by atoms with van der Waals surface area (Å²) in [6, 6.07) is 6.89. The Balaban J connectivity index is 2.85. The van der Waals surface area contributed by atoms with Crippen molar-refractivity contribution < 1.29 is 19.1 Å². The number of likely N-dealkylation sites (N-methyl/N-ethyl adjacent to an activating group) is 1. The van der Waals surface area contributed by atoms with Gasteiger partial charge in [-0.05, 0) is 12.5 Å². The van der Waals surface area contributed by atoms with Crippen LogP contribution in [0, 0.1) is 0 Å². The van der Waals surface area contributed by atoms with E-state index < -0.39 is 23.9 Å². The van der Waals surface area contributed by atoms with Crippen LogP contribution in [0.2, 0.25) is 0 Å². The molecule has 0 aliphatic heterocycles. The van der Waals surface area contributed by atoms with E-state index in [0.717, 1.165) is 0 Å². The number of hydrogen-bond acceptors (Lipinski definition) is 4. The maximum absolute atomic E-state index is 12.4. The molecule has 0 aromatic heterocycles. The smallest absolute Gasteiger partial charge is 0.325 e. The largest absolute Gasteiger partial charge is 0.465 e. The molecule has 0 saturated heterocycles. The lowest BCUT2D eigenvalue weighted by molar-refractivity contribution is -0.148.